The smallest absolute Gasteiger partial charge is 0.286 e. The summed E-state index contributed by atoms with van der Waals surface area (Å²) in [6, 6.07) is 3.13. The number of thioether (sulfide) groups is 1. The molecule has 0 saturated carbocycles. The van der Waals surface area contributed by atoms with Crippen LogP contribution in [0.1, 0.15) is 17.0 Å². The Balaban J connectivity index is 1.39. The lowest BCUT2D eigenvalue weighted by Crippen LogP contribution is -2.71. The van der Waals surface area contributed by atoms with Crippen LogP contribution in [0.3, 0.4) is 0 Å². The Bertz CT molecular complexity index is 1510. The van der Waals surface area contributed by atoms with Gasteiger partial charge in [0.1, 0.15) is 48.9 Å². The Hall–Kier alpha value is -3.91. The number of β-lactam (4-membered cyclic amide) rings is 1. The van der Waals surface area contributed by atoms with Gasteiger partial charge in [-0.1, -0.05) is 5.16 Å². The van der Waals surface area contributed by atoms with Crippen LogP contribution in [0.25, 0.3) is 5.65 Å². The summed E-state index contributed by atoms with van der Waals surface area (Å²) in [6.45, 7) is 4.27. The number of aliphatic carboxylic acids is 1. The Labute approximate surface area is 219 Å². The Morgan fingerprint density at radius 3 is 2.84 bits per heavy atom. The summed E-state index contributed by atoms with van der Waals surface area (Å²) in [6.07, 6.45) is 3.79. The predicted octanol–water partition coefficient (Wildman–Crippen LogP) is -0.663. The SMILES string of the molecule is CO/N=C(\C(=O)N[C@@H]1C(=O)N2C(C(=O)[O-])=C(Cn3cc[n+]4c(C)cc(C)cc34)CS[C@H]12)c1csc(N)n1. The number of carboxylic acid groups (broad SMARTS) is 1. The van der Waals surface area contributed by atoms with E-state index < -0.39 is 29.2 Å². The fourth-order valence-corrected chi connectivity index (χ4v) is 6.45. The maximum atomic E-state index is 13.1. The molecule has 14 heteroatoms. The number of anilines is 1. The standard InChI is InChI=1S/C23H23N7O5S2/c1-11-6-12(2)29-5-4-28(15(29)7-11)8-13-9-36-21-17(20(32)30(21)18(13)22(33)34)26-19(31)16(27-35-3)14-10-37-23(24)25-14/h4-7,10,17,21H,8-9H2,1-3H3,(H3-,24,25,26,31,33,34)/b27-16-/t17-,21-/m1/s1. The Kier molecular flexibility index (Phi) is 6.37. The monoisotopic (exact) mass is 541 g/mol. The minimum absolute atomic E-state index is 0.138. The van der Waals surface area contributed by atoms with E-state index in [1.54, 1.807) is 5.38 Å². The van der Waals surface area contributed by atoms with Crippen LogP contribution < -0.4 is 20.6 Å². The molecular formula is C23H23N7O5S2. The van der Waals surface area contributed by atoms with Crippen LogP contribution in [-0.2, 0) is 25.8 Å². The number of nitrogens with one attached hydrogen (secondary N) is 1. The van der Waals surface area contributed by atoms with Crippen LogP contribution in [0.4, 0.5) is 5.13 Å². The molecule has 0 spiro atoms. The molecule has 5 heterocycles. The van der Waals surface area contributed by atoms with Gasteiger partial charge in [-0.3, -0.25) is 14.5 Å². The quantitative estimate of drug-likeness (QED) is 0.173. The topological polar surface area (TPSA) is 159 Å². The zero-order valence-electron chi connectivity index (χ0n) is 20.1. The van der Waals surface area contributed by atoms with Gasteiger partial charge in [0.2, 0.25) is 0 Å². The van der Waals surface area contributed by atoms with E-state index in [-0.39, 0.29) is 28.8 Å². The van der Waals surface area contributed by atoms with Crippen molar-refractivity contribution in [1.82, 2.24) is 19.8 Å². The zero-order valence-corrected chi connectivity index (χ0v) is 21.8. The number of thiazole rings is 1. The molecule has 3 N–H and O–H groups in total. The summed E-state index contributed by atoms with van der Waals surface area (Å²) in [5.41, 5.74) is 9.16. The van der Waals surface area contributed by atoms with E-state index in [9.17, 15) is 19.5 Å². The number of fused-ring (bicyclic) bond motifs is 2. The van der Waals surface area contributed by atoms with Crippen molar-refractivity contribution in [3.8, 4) is 0 Å². The van der Waals surface area contributed by atoms with E-state index in [0.29, 0.717) is 11.3 Å². The number of nitrogen functional groups attached to an aromatic ring is 1. The van der Waals surface area contributed by atoms with Gasteiger partial charge in [-0.2, -0.15) is 0 Å². The molecule has 0 bridgehead atoms. The van der Waals surface area contributed by atoms with Gasteiger partial charge >= 0.3 is 0 Å². The van der Waals surface area contributed by atoms with Gasteiger partial charge in [-0.15, -0.1) is 23.1 Å². The number of imidazole rings is 1. The first-order chi connectivity index (χ1) is 17.7. The van der Waals surface area contributed by atoms with Crippen molar-refractivity contribution < 1.29 is 28.7 Å². The number of oxime groups is 1. The van der Waals surface area contributed by atoms with E-state index in [2.05, 4.69) is 21.5 Å². The number of pyridine rings is 1. The van der Waals surface area contributed by atoms with Crippen molar-refractivity contribution in [3.05, 3.63) is 58.1 Å². The largest absolute Gasteiger partial charge is 0.543 e. The number of carbonyl (C=O) groups is 3. The lowest BCUT2D eigenvalue weighted by molar-refractivity contribution is -0.518. The minimum atomic E-state index is -1.44. The lowest BCUT2D eigenvalue weighted by Gasteiger charge is -2.50. The number of aromatic nitrogens is 3. The number of nitrogens with zero attached hydrogens (tertiary/aromatic N) is 5. The molecule has 0 aromatic carbocycles. The van der Waals surface area contributed by atoms with E-state index in [1.165, 1.54) is 23.8 Å². The first kappa shape index (κ1) is 24.8. The number of hydrogen-bond donors (Lipinski definition) is 2. The maximum Gasteiger partial charge on any atom is 0.286 e. The molecule has 2 aliphatic heterocycles. The number of rotatable bonds is 7. The maximum absolute atomic E-state index is 13.1. The molecular weight excluding hydrogens is 518 g/mol. The van der Waals surface area contributed by atoms with Gasteiger partial charge in [0.15, 0.2) is 10.8 Å². The van der Waals surface area contributed by atoms with Crippen LogP contribution in [-0.4, -0.2) is 62.2 Å². The van der Waals surface area contributed by atoms with Crippen LogP contribution in [0.2, 0.25) is 0 Å². The molecule has 0 unspecified atom stereocenters. The molecule has 37 heavy (non-hydrogen) atoms. The van der Waals surface area contributed by atoms with Gasteiger partial charge < -0.3 is 25.8 Å². The number of carboxylic acids is 1. The first-order valence-corrected chi connectivity index (χ1v) is 13.1. The van der Waals surface area contributed by atoms with E-state index in [4.69, 9.17) is 10.6 Å². The molecule has 0 aliphatic carbocycles. The molecule has 3 aromatic heterocycles. The van der Waals surface area contributed by atoms with Crippen molar-refractivity contribution >= 4 is 57.4 Å². The lowest BCUT2D eigenvalue weighted by atomic mass is 10.0. The van der Waals surface area contributed by atoms with E-state index in [1.807, 2.05) is 41.3 Å². The van der Waals surface area contributed by atoms with Gasteiger partial charge in [0.05, 0.1) is 11.7 Å². The average molecular weight is 542 g/mol. The summed E-state index contributed by atoms with van der Waals surface area (Å²) in [5, 5.41) is 19.7. The third-order valence-electron chi connectivity index (χ3n) is 6.16. The molecule has 3 aromatic rings. The van der Waals surface area contributed by atoms with Crippen LogP contribution >= 0.6 is 23.1 Å². The highest BCUT2D eigenvalue weighted by Gasteiger charge is 2.53. The van der Waals surface area contributed by atoms with Crippen molar-refractivity contribution in [2.24, 2.45) is 5.16 Å². The molecule has 0 radical (unpaired) electrons. The third-order valence-corrected chi connectivity index (χ3v) is 8.17. The fourth-order valence-electron chi connectivity index (χ4n) is 4.57. The van der Waals surface area contributed by atoms with Crippen LogP contribution in [0.15, 0.2) is 46.3 Å². The fraction of sp³-hybridized carbons (Fsp3) is 0.304. The molecule has 12 nitrogen and oxygen atoms in total. The molecule has 1 saturated heterocycles. The number of amides is 2. The van der Waals surface area contributed by atoms with Crippen molar-refractivity contribution in [2.75, 3.05) is 18.6 Å². The average Bonchev–Trinajstić information content (AvgIpc) is 3.46. The molecule has 192 valence electrons. The number of nitrogens with two attached hydrogens (primary N) is 1. The summed E-state index contributed by atoms with van der Waals surface area (Å²) >= 11 is 2.50. The zero-order chi connectivity index (χ0) is 26.4. The normalized spacial score (nSPS) is 19.6. The molecule has 2 aliphatic rings. The predicted molar refractivity (Wildman–Crippen MR) is 134 cm³/mol. The Morgan fingerprint density at radius 2 is 2.16 bits per heavy atom. The van der Waals surface area contributed by atoms with Crippen molar-refractivity contribution in [1.29, 1.82) is 0 Å². The number of carbonyl (C=O) groups excluding carboxylic acids is 3. The van der Waals surface area contributed by atoms with Gasteiger partial charge in [0.25, 0.3) is 17.5 Å². The van der Waals surface area contributed by atoms with E-state index >= 15 is 0 Å². The van der Waals surface area contributed by atoms with Gasteiger partial charge in [-0.05, 0) is 25.5 Å². The summed E-state index contributed by atoms with van der Waals surface area (Å²) in [5.74, 6) is -2.32. The minimum Gasteiger partial charge on any atom is -0.543 e. The first-order valence-electron chi connectivity index (χ1n) is 11.2. The number of aryl methyl sites for hydroxylation is 2. The number of hydrogen-bond acceptors (Lipinski definition) is 10. The van der Waals surface area contributed by atoms with Crippen molar-refractivity contribution in [3.63, 3.8) is 0 Å². The highest BCUT2D eigenvalue weighted by molar-refractivity contribution is 8.00. The molecule has 5 rings (SSSR count). The van der Waals surface area contributed by atoms with E-state index in [0.717, 1.165) is 28.2 Å². The second-order valence-corrected chi connectivity index (χ2v) is 10.6. The Morgan fingerprint density at radius 1 is 1.38 bits per heavy atom. The van der Waals surface area contributed by atoms with Crippen LogP contribution in [0, 0.1) is 13.8 Å². The third kappa shape index (κ3) is 4.31. The van der Waals surface area contributed by atoms with Gasteiger partial charge in [0, 0.05) is 22.8 Å². The van der Waals surface area contributed by atoms with Crippen molar-refractivity contribution in [2.45, 2.75) is 31.8 Å². The summed E-state index contributed by atoms with van der Waals surface area (Å²) < 4.78 is 3.95. The highest BCUT2D eigenvalue weighted by Crippen LogP contribution is 2.40. The van der Waals surface area contributed by atoms with Gasteiger partial charge in [-0.25, -0.2) is 14.0 Å². The molecule has 1 fully saturated rings. The molecule has 2 amide bonds. The second-order valence-electron chi connectivity index (χ2n) is 8.62. The second kappa shape index (κ2) is 9.52. The highest BCUT2D eigenvalue weighted by atomic mass is 32.2. The van der Waals surface area contributed by atoms with Crippen LogP contribution in [0.5, 0.6) is 0 Å². The summed E-state index contributed by atoms with van der Waals surface area (Å²) in [4.78, 5) is 48.2. The summed E-state index contributed by atoms with van der Waals surface area (Å²) in [7, 11) is 1.28. The molecule has 2 atom stereocenters.